The van der Waals surface area contributed by atoms with Crippen molar-refractivity contribution in [1.29, 1.82) is 0 Å². The molecule has 2 N–H and O–H groups in total. The Labute approximate surface area is 117 Å². The van der Waals surface area contributed by atoms with Gasteiger partial charge in [0.25, 0.3) is 0 Å². The third-order valence-corrected chi connectivity index (χ3v) is 3.77. The molecule has 1 aromatic rings. The Balaban J connectivity index is 2.07. The minimum Gasteiger partial charge on any atom is -0.340 e. The number of benzene rings is 1. The van der Waals surface area contributed by atoms with Crippen LogP contribution in [0.25, 0.3) is 0 Å². The highest BCUT2D eigenvalue weighted by Crippen LogP contribution is 2.28. The van der Waals surface area contributed by atoms with Gasteiger partial charge in [0.1, 0.15) is 11.2 Å². The van der Waals surface area contributed by atoms with Crippen molar-refractivity contribution in [1.82, 2.24) is 4.90 Å². The first-order valence-corrected chi connectivity index (χ1v) is 6.86. The molecule has 1 aliphatic heterocycles. The smallest absolute Gasteiger partial charge is 0.240 e. The first kappa shape index (κ1) is 14.3. The number of likely N-dealkylation sites (tertiary alicyclic amines) is 1. The van der Waals surface area contributed by atoms with E-state index < -0.39 is 5.38 Å². The molecule has 3 atom stereocenters. The molecule has 19 heavy (non-hydrogen) atoms. The highest BCUT2D eigenvalue weighted by molar-refractivity contribution is 6.30. The number of nitrogens with two attached hydrogens (primary N) is 1. The first-order chi connectivity index (χ1) is 8.99. The number of piperidine rings is 1. The summed E-state index contributed by atoms with van der Waals surface area (Å²) in [5.41, 5.74) is 7.03. The van der Waals surface area contributed by atoms with Crippen LogP contribution in [0.2, 0.25) is 0 Å². The Morgan fingerprint density at radius 3 is 2.89 bits per heavy atom. The molecule has 1 heterocycles. The number of hydrogen-bond donors (Lipinski definition) is 1. The fourth-order valence-corrected chi connectivity index (χ4v) is 2.72. The van der Waals surface area contributed by atoms with E-state index in [0.717, 1.165) is 12.0 Å². The lowest BCUT2D eigenvalue weighted by atomic mass is 9.85. The molecule has 0 radical (unpaired) electrons. The van der Waals surface area contributed by atoms with Crippen LogP contribution in [0.15, 0.2) is 24.3 Å². The van der Waals surface area contributed by atoms with Crippen LogP contribution in [-0.2, 0) is 4.79 Å². The van der Waals surface area contributed by atoms with Gasteiger partial charge in [-0.1, -0.05) is 12.1 Å². The molecule has 1 fully saturated rings. The van der Waals surface area contributed by atoms with Crippen molar-refractivity contribution < 1.29 is 9.18 Å². The van der Waals surface area contributed by atoms with Crippen LogP contribution < -0.4 is 5.73 Å². The molecule has 1 saturated heterocycles. The van der Waals surface area contributed by atoms with Gasteiger partial charge in [0.15, 0.2) is 0 Å². The average molecular weight is 285 g/mol. The van der Waals surface area contributed by atoms with Gasteiger partial charge in [0.2, 0.25) is 5.91 Å². The summed E-state index contributed by atoms with van der Waals surface area (Å²) in [4.78, 5) is 13.5. The van der Waals surface area contributed by atoms with Crippen LogP contribution in [-0.4, -0.2) is 35.3 Å². The molecule has 104 valence electrons. The molecule has 0 spiro atoms. The van der Waals surface area contributed by atoms with E-state index in [0.29, 0.717) is 13.1 Å². The minimum absolute atomic E-state index is 0.0881. The Hall–Kier alpha value is -1.13. The van der Waals surface area contributed by atoms with Crippen molar-refractivity contribution in [2.45, 2.75) is 30.7 Å². The summed E-state index contributed by atoms with van der Waals surface area (Å²) in [6, 6.07) is 6.33. The van der Waals surface area contributed by atoms with Crippen LogP contribution in [0.4, 0.5) is 4.39 Å². The van der Waals surface area contributed by atoms with Crippen molar-refractivity contribution in [3.63, 3.8) is 0 Å². The number of carbonyl (C=O) groups excluding carboxylic acids is 1. The van der Waals surface area contributed by atoms with E-state index in [4.69, 9.17) is 17.3 Å². The van der Waals surface area contributed by atoms with E-state index in [9.17, 15) is 9.18 Å². The van der Waals surface area contributed by atoms with E-state index in [-0.39, 0.29) is 23.7 Å². The highest BCUT2D eigenvalue weighted by Gasteiger charge is 2.31. The second kappa shape index (κ2) is 5.88. The van der Waals surface area contributed by atoms with Crippen molar-refractivity contribution in [2.75, 3.05) is 13.1 Å². The molecule has 1 amide bonds. The van der Waals surface area contributed by atoms with Gasteiger partial charge in [-0.15, -0.1) is 11.6 Å². The van der Waals surface area contributed by atoms with Crippen molar-refractivity contribution in [3.8, 4) is 0 Å². The predicted octanol–water partition coefficient (Wildman–Crippen LogP) is 2.10. The molecule has 0 bridgehead atoms. The second-order valence-corrected chi connectivity index (χ2v) is 5.67. The summed E-state index contributed by atoms with van der Waals surface area (Å²) >= 11 is 5.80. The van der Waals surface area contributed by atoms with E-state index >= 15 is 0 Å². The molecular formula is C14H18ClFN2O. The third-order valence-electron chi connectivity index (χ3n) is 3.59. The summed E-state index contributed by atoms with van der Waals surface area (Å²) in [6.45, 7) is 2.75. The summed E-state index contributed by atoms with van der Waals surface area (Å²) in [5.74, 6) is -0.252. The number of carbonyl (C=O) groups is 1. The molecule has 5 heteroatoms. The molecule has 1 aromatic carbocycles. The van der Waals surface area contributed by atoms with E-state index in [1.807, 2.05) is 6.07 Å². The maximum atomic E-state index is 13.2. The van der Waals surface area contributed by atoms with Crippen LogP contribution >= 0.6 is 11.6 Å². The summed E-state index contributed by atoms with van der Waals surface area (Å²) in [5, 5.41) is -0.530. The summed E-state index contributed by atoms with van der Waals surface area (Å²) in [6.07, 6.45) is 0.736. The number of amides is 1. The van der Waals surface area contributed by atoms with Gasteiger partial charge in [0, 0.05) is 25.0 Å². The molecule has 3 unspecified atom stereocenters. The van der Waals surface area contributed by atoms with E-state index in [1.54, 1.807) is 17.9 Å². The van der Waals surface area contributed by atoms with Crippen LogP contribution in [0.1, 0.15) is 24.8 Å². The van der Waals surface area contributed by atoms with Crippen LogP contribution in [0.5, 0.6) is 0 Å². The summed E-state index contributed by atoms with van der Waals surface area (Å²) in [7, 11) is 0. The standard InChI is InChI=1S/C14H18ClFN2O/c1-9(15)14(19)18-6-5-12(13(17)8-18)10-3-2-4-11(16)7-10/h2-4,7,9,12-13H,5-6,8,17H2,1H3. The van der Waals surface area contributed by atoms with Crippen molar-refractivity contribution in [3.05, 3.63) is 35.6 Å². The fraction of sp³-hybridized carbons (Fsp3) is 0.500. The lowest BCUT2D eigenvalue weighted by molar-refractivity contribution is -0.131. The third kappa shape index (κ3) is 3.25. The van der Waals surface area contributed by atoms with E-state index in [2.05, 4.69) is 0 Å². The maximum absolute atomic E-state index is 13.2. The van der Waals surface area contributed by atoms with Gasteiger partial charge in [-0.25, -0.2) is 4.39 Å². The van der Waals surface area contributed by atoms with Gasteiger partial charge >= 0.3 is 0 Å². The highest BCUT2D eigenvalue weighted by atomic mass is 35.5. The zero-order valence-corrected chi connectivity index (χ0v) is 11.6. The minimum atomic E-state index is -0.530. The fourth-order valence-electron chi connectivity index (χ4n) is 2.58. The van der Waals surface area contributed by atoms with Crippen LogP contribution in [0.3, 0.4) is 0 Å². The van der Waals surface area contributed by atoms with Gasteiger partial charge < -0.3 is 10.6 Å². The zero-order chi connectivity index (χ0) is 14.0. The lowest BCUT2D eigenvalue weighted by Gasteiger charge is -2.37. The monoisotopic (exact) mass is 284 g/mol. The first-order valence-electron chi connectivity index (χ1n) is 6.43. The molecule has 3 nitrogen and oxygen atoms in total. The molecule has 2 rings (SSSR count). The Morgan fingerprint density at radius 2 is 2.32 bits per heavy atom. The number of halogens is 2. The molecule has 0 aliphatic carbocycles. The predicted molar refractivity (Wildman–Crippen MR) is 73.6 cm³/mol. The quantitative estimate of drug-likeness (QED) is 0.846. The van der Waals surface area contributed by atoms with Crippen molar-refractivity contribution >= 4 is 17.5 Å². The molecule has 1 aliphatic rings. The Morgan fingerprint density at radius 1 is 1.58 bits per heavy atom. The number of nitrogens with zero attached hydrogens (tertiary/aromatic N) is 1. The van der Waals surface area contributed by atoms with E-state index in [1.165, 1.54) is 12.1 Å². The average Bonchev–Trinajstić information content (AvgIpc) is 2.37. The topological polar surface area (TPSA) is 46.3 Å². The Kier molecular flexibility index (Phi) is 4.42. The normalized spacial score (nSPS) is 25.2. The maximum Gasteiger partial charge on any atom is 0.240 e. The van der Waals surface area contributed by atoms with Crippen molar-refractivity contribution in [2.24, 2.45) is 5.73 Å². The number of alkyl halides is 1. The number of hydrogen-bond acceptors (Lipinski definition) is 2. The van der Waals surface area contributed by atoms with Gasteiger partial charge in [0.05, 0.1) is 0 Å². The van der Waals surface area contributed by atoms with Gasteiger partial charge in [-0.05, 0) is 31.0 Å². The molecular weight excluding hydrogens is 267 g/mol. The molecule has 0 saturated carbocycles. The van der Waals surface area contributed by atoms with Gasteiger partial charge in [-0.3, -0.25) is 4.79 Å². The van der Waals surface area contributed by atoms with Crippen LogP contribution in [0, 0.1) is 5.82 Å². The zero-order valence-electron chi connectivity index (χ0n) is 10.9. The SMILES string of the molecule is CC(Cl)C(=O)N1CCC(c2cccc(F)c2)C(N)C1. The Bertz CT molecular complexity index is 467. The molecule has 0 aromatic heterocycles. The lowest BCUT2D eigenvalue weighted by Crippen LogP contribution is -2.51. The second-order valence-electron chi connectivity index (χ2n) is 5.01. The summed E-state index contributed by atoms with van der Waals surface area (Å²) < 4.78 is 13.2. The number of rotatable bonds is 2. The van der Waals surface area contributed by atoms with Gasteiger partial charge in [-0.2, -0.15) is 0 Å². The largest absolute Gasteiger partial charge is 0.340 e.